The summed E-state index contributed by atoms with van der Waals surface area (Å²) >= 11 is 5.79. The van der Waals surface area contributed by atoms with Gasteiger partial charge in [0.05, 0.1) is 19.9 Å². The van der Waals surface area contributed by atoms with E-state index in [0.717, 1.165) is 5.56 Å². The Balaban J connectivity index is 1.96. The largest absolute Gasteiger partial charge is 0.497 e. The number of amides is 1. The number of hydrogen-bond acceptors (Lipinski definition) is 5. The second-order valence-electron chi connectivity index (χ2n) is 5.04. The fourth-order valence-electron chi connectivity index (χ4n) is 2.02. The molecule has 25 heavy (non-hydrogen) atoms. The van der Waals surface area contributed by atoms with Crippen LogP contribution in [0.25, 0.3) is 0 Å². The van der Waals surface area contributed by atoms with E-state index in [-0.39, 0.29) is 12.5 Å². The Bertz CT molecular complexity index is 760. The molecule has 1 N–H and O–H groups in total. The van der Waals surface area contributed by atoms with Crippen LogP contribution in [-0.4, -0.2) is 32.4 Å². The van der Waals surface area contributed by atoms with Gasteiger partial charge in [0.1, 0.15) is 17.2 Å². The average Bonchev–Trinajstić information content (AvgIpc) is 2.65. The Morgan fingerprint density at radius 2 is 1.76 bits per heavy atom. The first-order valence-corrected chi connectivity index (χ1v) is 7.85. The third-order valence-electron chi connectivity index (χ3n) is 3.33. The van der Waals surface area contributed by atoms with Gasteiger partial charge in [0.25, 0.3) is 5.91 Å². The molecule has 0 saturated carbocycles. The highest BCUT2D eigenvalue weighted by Gasteiger charge is 2.09. The molecular weight excluding hydrogens is 344 g/mol. The molecule has 0 radical (unpaired) electrons. The van der Waals surface area contributed by atoms with Gasteiger partial charge in [-0.1, -0.05) is 11.6 Å². The van der Waals surface area contributed by atoms with E-state index in [1.54, 1.807) is 57.5 Å². The molecule has 0 aliphatic carbocycles. The number of halogens is 1. The average molecular weight is 363 g/mol. The van der Waals surface area contributed by atoms with Crippen molar-refractivity contribution in [1.29, 1.82) is 0 Å². The van der Waals surface area contributed by atoms with Gasteiger partial charge in [-0.2, -0.15) is 5.10 Å². The zero-order valence-corrected chi connectivity index (χ0v) is 15.0. The maximum absolute atomic E-state index is 11.9. The van der Waals surface area contributed by atoms with E-state index in [2.05, 4.69) is 10.5 Å². The molecular formula is C18H19ClN2O4. The van der Waals surface area contributed by atoms with Crippen LogP contribution in [0.4, 0.5) is 0 Å². The first kappa shape index (κ1) is 18.6. The maximum Gasteiger partial charge on any atom is 0.277 e. The quantitative estimate of drug-likeness (QED) is 0.606. The number of hydrogen-bond donors (Lipinski definition) is 1. The van der Waals surface area contributed by atoms with Crippen molar-refractivity contribution in [2.45, 2.75) is 6.92 Å². The molecule has 2 aromatic rings. The van der Waals surface area contributed by atoms with E-state index in [4.69, 9.17) is 25.8 Å². The highest BCUT2D eigenvalue weighted by atomic mass is 35.5. The standard InChI is InChI=1S/C18H19ClN2O4/c1-12(16-9-8-15(23-2)10-17(16)24-3)20-21-18(22)11-25-14-6-4-13(19)5-7-14/h4-10H,11H2,1-3H3,(H,21,22)/b20-12-. The molecule has 2 aromatic carbocycles. The Morgan fingerprint density at radius 1 is 1.08 bits per heavy atom. The molecule has 0 unspecified atom stereocenters. The van der Waals surface area contributed by atoms with Crippen molar-refractivity contribution in [3.63, 3.8) is 0 Å². The van der Waals surface area contributed by atoms with E-state index in [0.29, 0.717) is 28.0 Å². The van der Waals surface area contributed by atoms with Gasteiger partial charge in [-0.25, -0.2) is 5.43 Å². The molecule has 0 atom stereocenters. The maximum atomic E-state index is 11.9. The van der Waals surface area contributed by atoms with Crippen molar-refractivity contribution >= 4 is 23.2 Å². The monoisotopic (exact) mass is 362 g/mol. The zero-order chi connectivity index (χ0) is 18.2. The van der Waals surface area contributed by atoms with Gasteiger partial charge >= 0.3 is 0 Å². The van der Waals surface area contributed by atoms with Gasteiger partial charge < -0.3 is 14.2 Å². The lowest BCUT2D eigenvalue weighted by Crippen LogP contribution is -2.25. The van der Waals surface area contributed by atoms with E-state index >= 15 is 0 Å². The molecule has 0 bridgehead atoms. The number of ether oxygens (including phenoxy) is 3. The van der Waals surface area contributed by atoms with Crippen LogP contribution in [0.2, 0.25) is 5.02 Å². The summed E-state index contributed by atoms with van der Waals surface area (Å²) in [6.45, 7) is 1.61. The number of nitrogens with one attached hydrogen (secondary N) is 1. The zero-order valence-electron chi connectivity index (χ0n) is 14.2. The van der Waals surface area contributed by atoms with Crippen LogP contribution in [0.5, 0.6) is 17.2 Å². The summed E-state index contributed by atoms with van der Waals surface area (Å²) in [5.74, 6) is 1.46. The molecule has 0 saturated heterocycles. The Kier molecular flexibility index (Phi) is 6.65. The van der Waals surface area contributed by atoms with Crippen molar-refractivity contribution in [3.8, 4) is 17.2 Å². The Hall–Kier alpha value is -2.73. The molecule has 1 amide bonds. The van der Waals surface area contributed by atoms with Crippen molar-refractivity contribution in [3.05, 3.63) is 53.1 Å². The SMILES string of the molecule is COc1ccc(/C(C)=N\NC(=O)COc2ccc(Cl)cc2)c(OC)c1. The third kappa shape index (κ3) is 5.39. The minimum Gasteiger partial charge on any atom is -0.497 e. The number of carbonyl (C=O) groups excluding carboxylic acids is 1. The van der Waals surface area contributed by atoms with Crippen LogP contribution >= 0.6 is 11.6 Å². The van der Waals surface area contributed by atoms with Gasteiger partial charge in [0, 0.05) is 16.7 Å². The van der Waals surface area contributed by atoms with E-state index in [1.807, 2.05) is 6.07 Å². The smallest absolute Gasteiger partial charge is 0.277 e. The van der Waals surface area contributed by atoms with E-state index < -0.39 is 0 Å². The van der Waals surface area contributed by atoms with Crippen molar-refractivity contribution in [1.82, 2.24) is 5.43 Å². The lowest BCUT2D eigenvalue weighted by molar-refractivity contribution is -0.123. The number of methoxy groups -OCH3 is 2. The summed E-state index contributed by atoms with van der Waals surface area (Å²) in [6, 6.07) is 12.1. The minimum atomic E-state index is -0.373. The Labute approximate surface area is 151 Å². The summed E-state index contributed by atoms with van der Waals surface area (Å²) < 4.78 is 15.8. The summed E-state index contributed by atoms with van der Waals surface area (Å²) in [7, 11) is 3.14. The molecule has 0 heterocycles. The molecule has 0 fully saturated rings. The lowest BCUT2D eigenvalue weighted by atomic mass is 10.1. The van der Waals surface area contributed by atoms with Gasteiger partial charge in [-0.15, -0.1) is 0 Å². The Morgan fingerprint density at radius 3 is 2.40 bits per heavy atom. The van der Waals surface area contributed by atoms with E-state index in [1.165, 1.54) is 0 Å². The molecule has 0 spiro atoms. The van der Waals surface area contributed by atoms with Gasteiger partial charge in [-0.05, 0) is 43.3 Å². The van der Waals surface area contributed by atoms with Gasteiger partial charge in [0.2, 0.25) is 0 Å². The number of benzene rings is 2. The summed E-state index contributed by atoms with van der Waals surface area (Å²) in [4.78, 5) is 11.9. The normalized spacial score (nSPS) is 11.0. The molecule has 6 nitrogen and oxygen atoms in total. The molecule has 2 rings (SSSR count). The number of hydrazone groups is 1. The summed E-state index contributed by atoms with van der Waals surface area (Å²) in [6.07, 6.45) is 0. The van der Waals surface area contributed by atoms with Crippen LogP contribution in [0.3, 0.4) is 0 Å². The molecule has 7 heteroatoms. The van der Waals surface area contributed by atoms with Crippen LogP contribution in [0, 0.1) is 0 Å². The highest BCUT2D eigenvalue weighted by molar-refractivity contribution is 6.30. The van der Waals surface area contributed by atoms with Crippen molar-refractivity contribution in [2.24, 2.45) is 5.10 Å². The summed E-state index contributed by atoms with van der Waals surface area (Å²) in [5, 5.41) is 4.68. The molecule has 132 valence electrons. The number of nitrogens with zero attached hydrogens (tertiary/aromatic N) is 1. The first-order chi connectivity index (χ1) is 12.0. The van der Waals surface area contributed by atoms with Crippen LogP contribution in [-0.2, 0) is 4.79 Å². The fourth-order valence-corrected chi connectivity index (χ4v) is 2.14. The highest BCUT2D eigenvalue weighted by Crippen LogP contribution is 2.25. The van der Waals surface area contributed by atoms with Gasteiger partial charge in [-0.3, -0.25) is 4.79 Å². The first-order valence-electron chi connectivity index (χ1n) is 7.47. The van der Waals surface area contributed by atoms with E-state index in [9.17, 15) is 4.79 Å². The molecule has 0 aromatic heterocycles. The second kappa shape index (κ2) is 8.94. The van der Waals surface area contributed by atoms with Crippen LogP contribution in [0.15, 0.2) is 47.6 Å². The predicted molar refractivity (Wildman–Crippen MR) is 96.8 cm³/mol. The second-order valence-corrected chi connectivity index (χ2v) is 5.48. The number of rotatable bonds is 7. The van der Waals surface area contributed by atoms with Crippen molar-refractivity contribution in [2.75, 3.05) is 20.8 Å². The molecule has 0 aliphatic heterocycles. The van der Waals surface area contributed by atoms with Crippen molar-refractivity contribution < 1.29 is 19.0 Å². The topological polar surface area (TPSA) is 69.2 Å². The minimum absolute atomic E-state index is 0.155. The lowest BCUT2D eigenvalue weighted by Gasteiger charge is -2.10. The molecule has 0 aliphatic rings. The predicted octanol–water partition coefficient (Wildman–Crippen LogP) is 3.28. The fraction of sp³-hybridized carbons (Fsp3) is 0.222. The van der Waals surface area contributed by atoms with Crippen LogP contribution in [0.1, 0.15) is 12.5 Å². The number of carbonyl (C=O) groups is 1. The van der Waals surface area contributed by atoms with Crippen LogP contribution < -0.4 is 19.6 Å². The third-order valence-corrected chi connectivity index (χ3v) is 3.58. The summed E-state index contributed by atoms with van der Waals surface area (Å²) in [5.41, 5.74) is 3.80. The van der Waals surface area contributed by atoms with Gasteiger partial charge in [0.15, 0.2) is 6.61 Å².